The first kappa shape index (κ1) is 21.2. The molecule has 0 saturated heterocycles. The fourth-order valence-electron chi connectivity index (χ4n) is 3.33. The first-order valence-electron chi connectivity index (χ1n) is 9.86. The van der Waals surface area contributed by atoms with Crippen LogP contribution >= 0.6 is 0 Å². The summed E-state index contributed by atoms with van der Waals surface area (Å²) in [5.74, 6) is 1.54. The number of rotatable bonds is 9. The van der Waals surface area contributed by atoms with E-state index in [1.54, 1.807) is 0 Å². The third-order valence-electron chi connectivity index (χ3n) is 4.45. The summed E-state index contributed by atoms with van der Waals surface area (Å²) in [6.07, 6.45) is 0.667. The van der Waals surface area contributed by atoms with Crippen molar-refractivity contribution < 1.29 is 14.3 Å². The molecule has 148 valence electrons. The van der Waals surface area contributed by atoms with E-state index in [0.717, 1.165) is 22.2 Å². The van der Waals surface area contributed by atoms with Crippen LogP contribution in [0.1, 0.15) is 48.0 Å². The molecule has 0 radical (unpaired) electrons. The summed E-state index contributed by atoms with van der Waals surface area (Å²) in [6.45, 7) is 13.4. The molecule has 0 bridgehead atoms. The second-order valence-electron chi connectivity index (χ2n) is 8.08. The minimum Gasteiger partial charge on any atom is -0.493 e. The SMILES string of the molecule is CCOC(C)(CC(C)C)C(=O)Nc1ccc(OCC(C)C)c2ccccc12. The average Bonchev–Trinajstić information content (AvgIpc) is 2.60. The first-order chi connectivity index (χ1) is 12.8. The minimum atomic E-state index is -0.850. The van der Waals surface area contributed by atoms with E-state index in [1.165, 1.54) is 0 Å². The van der Waals surface area contributed by atoms with Crippen LogP contribution in [0.2, 0.25) is 0 Å². The van der Waals surface area contributed by atoms with Crippen LogP contribution in [0.15, 0.2) is 36.4 Å². The van der Waals surface area contributed by atoms with Crippen molar-refractivity contribution in [3.63, 3.8) is 0 Å². The molecule has 1 atom stereocenters. The number of fused-ring (bicyclic) bond motifs is 1. The molecule has 0 aliphatic rings. The van der Waals surface area contributed by atoms with E-state index in [1.807, 2.05) is 50.2 Å². The fourth-order valence-corrected chi connectivity index (χ4v) is 3.33. The Morgan fingerprint density at radius 3 is 2.30 bits per heavy atom. The van der Waals surface area contributed by atoms with E-state index in [4.69, 9.17) is 9.47 Å². The van der Waals surface area contributed by atoms with Gasteiger partial charge in [-0.1, -0.05) is 52.0 Å². The standard InChI is InChI=1S/C23H33NO3/c1-7-27-23(6,14-16(2)3)22(25)24-20-12-13-21(26-15-17(4)5)19-11-9-8-10-18(19)20/h8-13,16-17H,7,14-15H2,1-6H3,(H,24,25). The van der Waals surface area contributed by atoms with Crippen LogP contribution in [0.3, 0.4) is 0 Å². The van der Waals surface area contributed by atoms with Crippen molar-refractivity contribution >= 4 is 22.4 Å². The van der Waals surface area contributed by atoms with Crippen molar-refractivity contribution in [3.8, 4) is 5.75 Å². The van der Waals surface area contributed by atoms with Gasteiger partial charge in [0, 0.05) is 23.1 Å². The molecule has 1 unspecified atom stereocenters. The number of carbonyl (C=O) groups excluding carboxylic acids is 1. The highest BCUT2D eigenvalue weighted by atomic mass is 16.5. The van der Waals surface area contributed by atoms with Crippen molar-refractivity contribution in [1.82, 2.24) is 0 Å². The molecule has 0 heterocycles. The summed E-state index contributed by atoms with van der Waals surface area (Å²) in [5, 5.41) is 5.05. The number of hydrogen-bond acceptors (Lipinski definition) is 3. The predicted octanol–water partition coefficient (Wildman–Crippen LogP) is 5.65. The van der Waals surface area contributed by atoms with Crippen LogP contribution in [-0.4, -0.2) is 24.7 Å². The quantitative estimate of drug-likeness (QED) is 0.619. The van der Waals surface area contributed by atoms with Gasteiger partial charge in [-0.15, -0.1) is 0 Å². The average molecular weight is 372 g/mol. The van der Waals surface area contributed by atoms with Gasteiger partial charge >= 0.3 is 0 Å². The highest BCUT2D eigenvalue weighted by Crippen LogP contribution is 2.33. The summed E-state index contributed by atoms with van der Waals surface area (Å²) in [6, 6.07) is 11.8. The molecule has 1 amide bonds. The van der Waals surface area contributed by atoms with Crippen LogP contribution in [0, 0.1) is 11.8 Å². The molecule has 0 aliphatic heterocycles. The lowest BCUT2D eigenvalue weighted by molar-refractivity contribution is -0.140. The third-order valence-corrected chi connectivity index (χ3v) is 4.45. The second kappa shape index (κ2) is 9.23. The highest BCUT2D eigenvalue weighted by molar-refractivity contribution is 6.06. The number of carbonyl (C=O) groups is 1. The molecule has 0 spiro atoms. The lowest BCUT2D eigenvalue weighted by Gasteiger charge is -2.30. The number of benzene rings is 2. The Labute approximate surface area is 163 Å². The second-order valence-corrected chi connectivity index (χ2v) is 8.08. The Morgan fingerprint density at radius 2 is 1.70 bits per heavy atom. The van der Waals surface area contributed by atoms with Crippen molar-refractivity contribution in [2.75, 3.05) is 18.5 Å². The Balaban J connectivity index is 2.33. The number of anilines is 1. The number of ether oxygens (including phenoxy) is 2. The maximum Gasteiger partial charge on any atom is 0.256 e. The van der Waals surface area contributed by atoms with E-state index in [-0.39, 0.29) is 5.91 Å². The number of amides is 1. The zero-order chi connectivity index (χ0) is 20.0. The number of nitrogens with one attached hydrogen (secondary N) is 1. The molecule has 2 rings (SSSR count). The van der Waals surface area contributed by atoms with Crippen molar-refractivity contribution in [1.29, 1.82) is 0 Å². The zero-order valence-corrected chi connectivity index (χ0v) is 17.5. The molecule has 0 aliphatic carbocycles. The van der Waals surface area contributed by atoms with Gasteiger partial charge in [-0.2, -0.15) is 0 Å². The lowest BCUT2D eigenvalue weighted by atomic mass is 9.92. The molecule has 0 saturated carbocycles. The van der Waals surface area contributed by atoms with Crippen molar-refractivity contribution in [2.24, 2.45) is 11.8 Å². The lowest BCUT2D eigenvalue weighted by Crippen LogP contribution is -2.44. The monoisotopic (exact) mass is 371 g/mol. The van der Waals surface area contributed by atoms with Gasteiger partial charge in [0.2, 0.25) is 0 Å². The summed E-state index contributed by atoms with van der Waals surface area (Å²) in [5.41, 5.74) is -0.0706. The minimum absolute atomic E-state index is 0.112. The fraction of sp³-hybridized carbons (Fsp3) is 0.522. The maximum absolute atomic E-state index is 13.0. The van der Waals surface area contributed by atoms with Crippen LogP contribution < -0.4 is 10.1 Å². The van der Waals surface area contributed by atoms with E-state index in [9.17, 15) is 4.79 Å². The van der Waals surface area contributed by atoms with E-state index in [0.29, 0.717) is 31.5 Å². The molecular formula is C23H33NO3. The van der Waals surface area contributed by atoms with Gasteiger partial charge < -0.3 is 14.8 Å². The molecule has 1 N–H and O–H groups in total. The Bertz CT molecular complexity index is 769. The van der Waals surface area contributed by atoms with Crippen LogP contribution in [0.25, 0.3) is 10.8 Å². The maximum atomic E-state index is 13.0. The van der Waals surface area contributed by atoms with E-state index in [2.05, 4.69) is 33.0 Å². The van der Waals surface area contributed by atoms with Gasteiger partial charge in [-0.25, -0.2) is 0 Å². The van der Waals surface area contributed by atoms with E-state index < -0.39 is 5.60 Å². The molecule has 0 aromatic heterocycles. The molecule has 4 nitrogen and oxygen atoms in total. The van der Waals surface area contributed by atoms with Crippen LogP contribution in [0.5, 0.6) is 5.75 Å². The summed E-state index contributed by atoms with van der Waals surface area (Å²) >= 11 is 0. The molecule has 0 fully saturated rings. The van der Waals surface area contributed by atoms with Gasteiger partial charge in [0.1, 0.15) is 11.4 Å². The zero-order valence-electron chi connectivity index (χ0n) is 17.5. The summed E-state index contributed by atoms with van der Waals surface area (Å²) in [7, 11) is 0. The highest BCUT2D eigenvalue weighted by Gasteiger charge is 2.35. The molecule has 2 aromatic carbocycles. The molecule has 27 heavy (non-hydrogen) atoms. The summed E-state index contributed by atoms with van der Waals surface area (Å²) < 4.78 is 11.8. The largest absolute Gasteiger partial charge is 0.493 e. The van der Waals surface area contributed by atoms with Gasteiger partial charge in [0.05, 0.1) is 6.61 Å². The van der Waals surface area contributed by atoms with Crippen molar-refractivity contribution in [3.05, 3.63) is 36.4 Å². The van der Waals surface area contributed by atoms with Crippen LogP contribution in [0.4, 0.5) is 5.69 Å². The van der Waals surface area contributed by atoms with E-state index >= 15 is 0 Å². The topological polar surface area (TPSA) is 47.6 Å². The van der Waals surface area contributed by atoms with Crippen LogP contribution in [-0.2, 0) is 9.53 Å². The summed E-state index contributed by atoms with van der Waals surface area (Å²) in [4.78, 5) is 13.0. The van der Waals surface area contributed by atoms with Gasteiger partial charge in [-0.3, -0.25) is 4.79 Å². The Kier molecular flexibility index (Phi) is 7.25. The Morgan fingerprint density at radius 1 is 1.04 bits per heavy atom. The van der Waals surface area contributed by atoms with Gasteiger partial charge in [0.25, 0.3) is 5.91 Å². The Hall–Kier alpha value is -2.07. The third kappa shape index (κ3) is 5.46. The molecular weight excluding hydrogens is 338 g/mol. The first-order valence-corrected chi connectivity index (χ1v) is 9.86. The normalized spacial score (nSPS) is 13.8. The number of hydrogen-bond donors (Lipinski definition) is 1. The van der Waals surface area contributed by atoms with Crippen molar-refractivity contribution in [2.45, 2.75) is 53.6 Å². The smallest absolute Gasteiger partial charge is 0.256 e. The molecule has 4 heteroatoms. The van der Waals surface area contributed by atoms with Gasteiger partial charge in [-0.05, 0) is 44.2 Å². The van der Waals surface area contributed by atoms with Gasteiger partial charge in [0.15, 0.2) is 0 Å². The molecule has 2 aromatic rings. The predicted molar refractivity (Wildman–Crippen MR) is 112 cm³/mol.